The van der Waals surface area contributed by atoms with Gasteiger partial charge in [0.2, 0.25) is 5.82 Å². The van der Waals surface area contributed by atoms with Crippen LogP contribution in [0.5, 0.6) is 0 Å². The minimum absolute atomic E-state index is 0.154. The monoisotopic (exact) mass is 504 g/mol. The summed E-state index contributed by atoms with van der Waals surface area (Å²) in [7, 11) is 0. The van der Waals surface area contributed by atoms with Crippen LogP contribution in [0, 0.1) is 0 Å². The van der Waals surface area contributed by atoms with Gasteiger partial charge in [-0.1, -0.05) is 80.9 Å². The minimum Gasteiger partial charge on any atom is -0.321 e. The number of aryl methyl sites for hydroxylation is 1. The number of nitrogens with one attached hydrogen (secondary N) is 1. The van der Waals surface area contributed by atoms with E-state index in [2.05, 4.69) is 85.6 Å². The average molecular weight is 505 g/mol. The molecule has 2 aromatic heterocycles. The Morgan fingerprint density at radius 1 is 0.868 bits per heavy atom. The molecule has 0 radical (unpaired) electrons. The van der Waals surface area contributed by atoms with Gasteiger partial charge >= 0.3 is 0 Å². The van der Waals surface area contributed by atoms with Crippen LogP contribution in [-0.4, -0.2) is 36.0 Å². The van der Waals surface area contributed by atoms with Crippen molar-refractivity contribution in [2.24, 2.45) is 0 Å². The summed E-state index contributed by atoms with van der Waals surface area (Å²) in [6.45, 7) is 4.82. The molecule has 0 fully saturated rings. The summed E-state index contributed by atoms with van der Waals surface area (Å²) in [6, 6.07) is 25.1. The summed E-state index contributed by atoms with van der Waals surface area (Å²) in [5, 5.41) is 14.8. The Kier molecular flexibility index (Phi) is 7.83. The van der Waals surface area contributed by atoms with Crippen LogP contribution in [0.4, 0.5) is 0 Å². The molecule has 0 unspecified atom stereocenters. The van der Waals surface area contributed by atoms with E-state index in [0.717, 1.165) is 64.9 Å². The fourth-order valence-electron chi connectivity index (χ4n) is 4.74. The van der Waals surface area contributed by atoms with Crippen LogP contribution < -0.4 is 0 Å². The van der Waals surface area contributed by atoms with Gasteiger partial charge in [0.05, 0.1) is 6.20 Å². The van der Waals surface area contributed by atoms with Gasteiger partial charge in [-0.15, -0.1) is 10.2 Å². The number of H-pyrrole nitrogens is 1. The SMILES string of the molecule is CCCCc1ncc(C(=O)CCC)n1Cc1ccc(-c2cc(-c3ccccc3)ccc2-c2nn[nH]n2)cc1. The lowest BCUT2D eigenvalue weighted by Gasteiger charge is -2.14. The molecule has 5 aromatic rings. The van der Waals surface area contributed by atoms with Crippen molar-refractivity contribution in [1.82, 2.24) is 30.2 Å². The number of imidazole rings is 1. The maximum Gasteiger partial charge on any atom is 0.205 e. The zero-order chi connectivity index (χ0) is 26.3. The van der Waals surface area contributed by atoms with Crippen molar-refractivity contribution >= 4 is 5.78 Å². The molecule has 38 heavy (non-hydrogen) atoms. The second-order valence-electron chi connectivity index (χ2n) is 9.48. The molecule has 0 saturated heterocycles. The van der Waals surface area contributed by atoms with Gasteiger partial charge in [-0.05, 0) is 58.0 Å². The van der Waals surface area contributed by atoms with E-state index in [0.29, 0.717) is 24.5 Å². The molecular weight excluding hydrogens is 472 g/mol. The first-order valence-corrected chi connectivity index (χ1v) is 13.3. The number of hydrogen-bond acceptors (Lipinski definition) is 5. The predicted octanol–water partition coefficient (Wildman–Crippen LogP) is 6.77. The Bertz CT molecular complexity index is 1490. The molecule has 0 spiro atoms. The summed E-state index contributed by atoms with van der Waals surface area (Å²) < 4.78 is 2.10. The number of benzene rings is 3. The standard InChI is InChI=1S/C31H32N6O/c1-3-5-12-30-32-20-28(29(38)9-4-2)37(30)21-22-13-15-24(16-14-22)27-19-25(23-10-7-6-8-11-23)17-18-26(27)31-33-35-36-34-31/h6-8,10-11,13-20H,3-5,9,12,21H2,1-2H3,(H,33,34,35,36). The van der Waals surface area contributed by atoms with Crippen LogP contribution in [0.1, 0.15) is 61.4 Å². The number of Topliss-reactive ketones (excluding diaryl/α,β-unsaturated/α-hetero) is 1. The number of aromatic nitrogens is 6. The Balaban J connectivity index is 1.49. The Hall–Kier alpha value is -4.39. The van der Waals surface area contributed by atoms with Gasteiger partial charge in [-0.3, -0.25) is 4.79 Å². The van der Waals surface area contributed by atoms with Crippen LogP contribution in [-0.2, 0) is 13.0 Å². The molecular formula is C31H32N6O. The van der Waals surface area contributed by atoms with Crippen molar-refractivity contribution in [3.63, 3.8) is 0 Å². The lowest BCUT2D eigenvalue weighted by atomic mass is 9.93. The zero-order valence-electron chi connectivity index (χ0n) is 21.9. The largest absolute Gasteiger partial charge is 0.321 e. The number of carbonyl (C=O) groups is 1. The third kappa shape index (κ3) is 5.47. The molecule has 1 N–H and O–H groups in total. The van der Waals surface area contributed by atoms with E-state index >= 15 is 0 Å². The predicted molar refractivity (Wildman–Crippen MR) is 150 cm³/mol. The molecule has 0 amide bonds. The summed E-state index contributed by atoms with van der Waals surface area (Å²) in [5.74, 6) is 1.69. The van der Waals surface area contributed by atoms with E-state index in [1.54, 1.807) is 6.20 Å². The molecule has 2 heterocycles. The second kappa shape index (κ2) is 11.8. The van der Waals surface area contributed by atoms with Crippen molar-refractivity contribution in [2.45, 2.75) is 52.5 Å². The minimum atomic E-state index is 0.154. The normalized spacial score (nSPS) is 11.1. The van der Waals surface area contributed by atoms with Crippen LogP contribution in [0.15, 0.2) is 79.0 Å². The number of tetrazole rings is 1. The highest BCUT2D eigenvalue weighted by molar-refractivity contribution is 5.94. The molecule has 3 aromatic carbocycles. The first kappa shape index (κ1) is 25.3. The molecule has 0 aliphatic rings. The molecule has 0 bridgehead atoms. The van der Waals surface area contributed by atoms with Gasteiger partial charge in [0.15, 0.2) is 5.78 Å². The van der Waals surface area contributed by atoms with E-state index in [9.17, 15) is 4.79 Å². The zero-order valence-corrected chi connectivity index (χ0v) is 21.9. The van der Waals surface area contributed by atoms with Gasteiger partial charge in [0.25, 0.3) is 0 Å². The average Bonchev–Trinajstić information content (AvgIpc) is 3.63. The van der Waals surface area contributed by atoms with Gasteiger partial charge in [0.1, 0.15) is 11.5 Å². The summed E-state index contributed by atoms with van der Waals surface area (Å²) in [5.41, 5.74) is 7.10. The maximum absolute atomic E-state index is 12.8. The number of nitrogens with zero attached hydrogens (tertiary/aromatic N) is 5. The number of carbonyl (C=O) groups excluding carboxylic acids is 1. The van der Waals surface area contributed by atoms with Crippen molar-refractivity contribution in [3.05, 3.63) is 96.1 Å². The summed E-state index contributed by atoms with van der Waals surface area (Å²) >= 11 is 0. The van der Waals surface area contributed by atoms with Gasteiger partial charge in [-0.25, -0.2) is 4.98 Å². The molecule has 7 heteroatoms. The number of rotatable bonds is 11. The highest BCUT2D eigenvalue weighted by Crippen LogP contribution is 2.34. The van der Waals surface area contributed by atoms with Crippen LogP contribution in [0.25, 0.3) is 33.6 Å². The van der Waals surface area contributed by atoms with Gasteiger partial charge in [0, 0.05) is 24.9 Å². The lowest BCUT2D eigenvalue weighted by Crippen LogP contribution is -2.13. The van der Waals surface area contributed by atoms with Crippen molar-refractivity contribution in [3.8, 4) is 33.6 Å². The number of aromatic amines is 1. The van der Waals surface area contributed by atoms with Crippen molar-refractivity contribution in [1.29, 1.82) is 0 Å². The van der Waals surface area contributed by atoms with E-state index < -0.39 is 0 Å². The fourth-order valence-corrected chi connectivity index (χ4v) is 4.74. The van der Waals surface area contributed by atoms with Gasteiger partial charge in [-0.2, -0.15) is 5.21 Å². The Morgan fingerprint density at radius 3 is 2.37 bits per heavy atom. The first-order chi connectivity index (χ1) is 18.7. The third-order valence-electron chi connectivity index (χ3n) is 6.77. The topological polar surface area (TPSA) is 89.4 Å². The molecule has 0 saturated carbocycles. The van der Waals surface area contributed by atoms with E-state index in [1.165, 1.54) is 0 Å². The fraction of sp³-hybridized carbons (Fsp3) is 0.258. The van der Waals surface area contributed by atoms with Crippen LogP contribution in [0.2, 0.25) is 0 Å². The number of ketones is 1. The molecule has 5 rings (SSSR count). The molecule has 0 aliphatic heterocycles. The number of hydrogen-bond donors (Lipinski definition) is 1. The van der Waals surface area contributed by atoms with E-state index in [4.69, 9.17) is 0 Å². The Morgan fingerprint density at radius 2 is 1.66 bits per heavy atom. The first-order valence-electron chi connectivity index (χ1n) is 13.3. The third-order valence-corrected chi connectivity index (χ3v) is 6.77. The van der Waals surface area contributed by atoms with Crippen LogP contribution in [0.3, 0.4) is 0 Å². The molecule has 7 nitrogen and oxygen atoms in total. The molecule has 0 aliphatic carbocycles. The smallest absolute Gasteiger partial charge is 0.205 e. The van der Waals surface area contributed by atoms with Crippen molar-refractivity contribution in [2.75, 3.05) is 0 Å². The summed E-state index contributed by atoms with van der Waals surface area (Å²) in [6.07, 6.45) is 6.12. The van der Waals surface area contributed by atoms with Crippen molar-refractivity contribution < 1.29 is 4.79 Å². The maximum atomic E-state index is 12.8. The van der Waals surface area contributed by atoms with Crippen LogP contribution >= 0.6 is 0 Å². The highest BCUT2D eigenvalue weighted by atomic mass is 16.1. The van der Waals surface area contributed by atoms with Gasteiger partial charge < -0.3 is 4.57 Å². The molecule has 192 valence electrons. The quantitative estimate of drug-likeness (QED) is 0.201. The number of unbranched alkanes of at least 4 members (excludes halogenated alkanes) is 1. The molecule has 0 atom stereocenters. The Labute approximate surface area is 223 Å². The second-order valence-corrected chi connectivity index (χ2v) is 9.48. The van der Waals surface area contributed by atoms with E-state index in [-0.39, 0.29) is 5.78 Å². The summed E-state index contributed by atoms with van der Waals surface area (Å²) in [4.78, 5) is 17.4. The highest BCUT2D eigenvalue weighted by Gasteiger charge is 2.17. The lowest BCUT2D eigenvalue weighted by molar-refractivity contribution is 0.0973. The van der Waals surface area contributed by atoms with E-state index in [1.807, 2.05) is 31.2 Å².